The van der Waals surface area contributed by atoms with Crippen LogP contribution >= 0.6 is 0 Å². The summed E-state index contributed by atoms with van der Waals surface area (Å²) in [5.74, 6) is -0.386. The fourth-order valence-electron chi connectivity index (χ4n) is 3.86. The van der Waals surface area contributed by atoms with Crippen molar-refractivity contribution in [3.63, 3.8) is 0 Å². The molecule has 0 aromatic rings. The number of ether oxygens (including phenoxy) is 1. The monoisotopic (exact) mass is 410 g/mol. The van der Waals surface area contributed by atoms with Gasteiger partial charge in [0.2, 0.25) is 12.3 Å². The predicted octanol–water partition coefficient (Wildman–Crippen LogP) is 3.50. The standard InChI is InChI=1S/C22H38N2O5/c1-8-10-17(15(2)3)23(14-25)20(27)13-19(26)18-12-9-11-16(4)24(18)21(28)29-22(5,6)7/h8,14-19,26H,1,9-13H2,2-7H3/t16-,17+,18+,19-/m0/s1. The molecule has 7 heteroatoms. The summed E-state index contributed by atoms with van der Waals surface area (Å²) < 4.78 is 5.52. The van der Waals surface area contributed by atoms with Gasteiger partial charge in [0, 0.05) is 12.1 Å². The Morgan fingerprint density at radius 3 is 2.41 bits per heavy atom. The quantitative estimate of drug-likeness (QED) is 0.489. The molecule has 1 heterocycles. The normalized spacial score (nSPS) is 22.0. The number of aliphatic hydroxyl groups is 1. The van der Waals surface area contributed by atoms with Crippen LogP contribution < -0.4 is 0 Å². The minimum Gasteiger partial charge on any atom is -0.444 e. The first kappa shape index (κ1) is 25.1. The number of carbonyl (C=O) groups excluding carboxylic acids is 3. The van der Waals surface area contributed by atoms with Gasteiger partial charge >= 0.3 is 6.09 Å². The van der Waals surface area contributed by atoms with Gasteiger partial charge in [-0.2, -0.15) is 0 Å². The van der Waals surface area contributed by atoms with Crippen molar-refractivity contribution >= 4 is 18.4 Å². The Morgan fingerprint density at radius 2 is 1.93 bits per heavy atom. The highest BCUT2D eigenvalue weighted by Crippen LogP contribution is 2.28. The molecule has 0 unspecified atom stereocenters. The van der Waals surface area contributed by atoms with Gasteiger partial charge in [-0.25, -0.2) is 4.79 Å². The molecule has 1 N–H and O–H groups in total. The van der Waals surface area contributed by atoms with E-state index < -0.39 is 29.7 Å². The van der Waals surface area contributed by atoms with E-state index in [1.54, 1.807) is 31.7 Å². The van der Waals surface area contributed by atoms with Crippen molar-refractivity contribution in [3.8, 4) is 0 Å². The number of hydrogen-bond donors (Lipinski definition) is 1. The largest absolute Gasteiger partial charge is 0.444 e. The molecule has 1 aliphatic rings. The van der Waals surface area contributed by atoms with E-state index in [-0.39, 0.29) is 24.4 Å². The van der Waals surface area contributed by atoms with Gasteiger partial charge in [-0.3, -0.25) is 19.4 Å². The summed E-state index contributed by atoms with van der Waals surface area (Å²) in [6.07, 6.45) is 3.15. The first-order valence-electron chi connectivity index (χ1n) is 10.5. The number of carbonyl (C=O) groups is 3. The minimum atomic E-state index is -1.07. The number of amides is 3. The zero-order valence-electron chi connectivity index (χ0n) is 18.8. The van der Waals surface area contributed by atoms with Gasteiger partial charge in [0.25, 0.3) is 0 Å². The molecule has 1 saturated heterocycles. The third kappa shape index (κ3) is 7.14. The van der Waals surface area contributed by atoms with Gasteiger partial charge in [0.15, 0.2) is 0 Å². The van der Waals surface area contributed by atoms with Crippen LogP contribution in [0.2, 0.25) is 0 Å². The molecule has 0 aromatic heterocycles. The molecular weight excluding hydrogens is 372 g/mol. The topological polar surface area (TPSA) is 87.2 Å². The van der Waals surface area contributed by atoms with E-state index in [2.05, 4.69) is 6.58 Å². The van der Waals surface area contributed by atoms with Crippen molar-refractivity contribution in [3.05, 3.63) is 12.7 Å². The van der Waals surface area contributed by atoms with E-state index in [4.69, 9.17) is 4.74 Å². The molecule has 7 nitrogen and oxygen atoms in total. The van der Waals surface area contributed by atoms with Gasteiger partial charge < -0.3 is 9.84 Å². The summed E-state index contributed by atoms with van der Waals surface area (Å²) in [5.41, 5.74) is -0.650. The average molecular weight is 411 g/mol. The van der Waals surface area contributed by atoms with Crippen LogP contribution in [-0.2, 0) is 14.3 Å². The molecule has 166 valence electrons. The first-order chi connectivity index (χ1) is 13.4. The Balaban J connectivity index is 2.96. The van der Waals surface area contributed by atoms with Crippen LogP contribution in [0.15, 0.2) is 12.7 Å². The molecule has 4 atom stereocenters. The smallest absolute Gasteiger partial charge is 0.410 e. The summed E-state index contributed by atoms with van der Waals surface area (Å²) in [5, 5.41) is 10.8. The Kier molecular flexibility index (Phi) is 9.33. The zero-order valence-corrected chi connectivity index (χ0v) is 18.8. The molecule has 0 bridgehead atoms. The van der Waals surface area contributed by atoms with Gasteiger partial charge in [-0.05, 0) is 59.3 Å². The third-order valence-electron chi connectivity index (χ3n) is 5.32. The molecular formula is C22H38N2O5. The van der Waals surface area contributed by atoms with Crippen molar-refractivity contribution in [2.45, 2.75) is 103 Å². The molecule has 29 heavy (non-hydrogen) atoms. The molecule has 1 fully saturated rings. The Morgan fingerprint density at radius 1 is 1.31 bits per heavy atom. The summed E-state index contributed by atoms with van der Waals surface area (Å²) in [4.78, 5) is 39.8. The molecule has 0 saturated carbocycles. The fraction of sp³-hybridized carbons (Fsp3) is 0.773. The summed E-state index contributed by atoms with van der Waals surface area (Å²) in [6.45, 7) is 14.9. The lowest BCUT2D eigenvalue weighted by atomic mass is 9.91. The van der Waals surface area contributed by atoms with E-state index in [9.17, 15) is 19.5 Å². The molecule has 1 aliphatic heterocycles. The maximum absolute atomic E-state index is 12.8. The second-order valence-electron chi connectivity index (χ2n) is 9.25. The van der Waals surface area contributed by atoms with Crippen molar-refractivity contribution < 1.29 is 24.2 Å². The highest BCUT2D eigenvalue weighted by Gasteiger charge is 2.39. The van der Waals surface area contributed by atoms with Gasteiger partial charge in [0.05, 0.1) is 18.6 Å². The second kappa shape index (κ2) is 10.8. The lowest BCUT2D eigenvalue weighted by molar-refractivity contribution is -0.144. The van der Waals surface area contributed by atoms with Crippen molar-refractivity contribution in [1.82, 2.24) is 9.80 Å². The molecule has 0 aliphatic carbocycles. The Hall–Kier alpha value is -1.89. The summed E-state index contributed by atoms with van der Waals surface area (Å²) >= 11 is 0. The summed E-state index contributed by atoms with van der Waals surface area (Å²) in [7, 11) is 0. The maximum Gasteiger partial charge on any atom is 0.410 e. The predicted molar refractivity (Wildman–Crippen MR) is 112 cm³/mol. The molecule has 1 rings (SSSR count). The maximum atomic E-state index is 12.8. The fourth-order valence-corrected chi connectivity index (χ4v) is 3.86. The lowest BCUT2D eigenvalue weighted by Crippen LogP contribution is -2.56. The van der Waals surface area contributed by atoms with Crippen molar-refractivity contribution in [2.24, 2.45) is 5.92 Å². The number of imide groups is 1. The van der Waals surface area contributed by atoms with Crippen LogP contribution in [-0.4, -0.2) is 63.1 Å². The van der Waals surface area contributed by atoms with Crippen LogP contribution in [0.3, 0.4) is 0 Å². The number of hydrogen-bond acceptors (Lipinski definition) is 5. The average Bonchev–Trinajstić information content (AvgIpc) is 2.59. The number of aliphatic hydroxyl groups excluding tert-OH is 1. The number of likely N-dealkylation sites (tertiary alicyclic amines) is 1. The SMILES string of the molecule is C=CC[C@H](C(C)C)N(C=O)C(=O)C[C@H](O)[C@H]1CCC[C@H](C)N1C(=O)OC(C)(C)C. The lowest BCUT2D eigenvalue weighted by Gasteiger charge is -2.43. The van der Waals surface area contributed by atoms with Crippen LogP contribution in [0.4, 0.5) is 4.79 Å². The highest BCUT2D eigenvalue weighted by molar-refractivity contribution is 5.87. The molecule has 0 aromatic carbocycles. The van der Waals surface area contributed by atoms with E-state index in [0.717, 1.165) is 17.7 Å². The number of piperidine rings is 1. The minimum absolute atomic E-state index is 0.0623. The third-order valence-corrected chi connectivity index (χ3v) is 5.32. The van der Waals surface area contributed by atoms with Gasteiger partial charge in [-0.1, -0.05) is 19.9 Å². The molecule has 0 spiro atoms. The first-order valence-corrected chi connectivity index (χ1v) is 10.5. The number of nitrogens with zero attached hydrogens (tertiary/aromatic N) is 2. The Labute approximate surface area is 175 Å². The second-order valence-corrected chi connectivity index (χ2v) is 9.25. The van der Waals surface area contributed by atoms with Crippen LogP contribution in [0.1, 0.15) is 73.6 Å². The van der Waals surface area contributed by atoms with Gasteiger partial charge in [0.1, 0.15) is 5.60 Å². The van der Waals surface area contributed by atoms with E-state index >= 15 is 0 Å². The van der Waals surface area contributed by atoms with E-state index in [0.29, 0.717) is 19.3 Å². The van der Waals surface area contributed by atoms with Crippen LogP contribution in [0.25, 0.3) is 0 Å². The molecule has 0 radical (unpaired) electrons. The zero-order chi connectivity index (χ0) is 22.4. The molecule has 3 amide bonds. The van der Waals surface area contributed by atoms with Crippen molar-refractivity contribution in [2.75, 3.05) is 0 Å². The Bertz CT molecular complexity index is 584. The van der Waals surface area contributed by atoms with Crippen molar-refractivity contribution in [1.29, 1.82) is 0 Å². The van der Waals surface area contributed by atoms with Crippen LogP contribution in [0, 0.1) is 5.92 Å². The van der Waals surface area contributed by atoms with E-state index in [1.165, 1.54) is 0 Å². The van der Waals surface area contributed by atoms with Crippen LogP contribution in [0.5, 0.6) is 0 Å². The van der Waals surface area contributed by atoms with E-state index in [1.807, 2.05) is 20.8 Å². The van der Waals surface area contributed by atoms with Gasteiger partial charge in [-0.15, -0.1) is 6.58 Å². The summed E-state index contributed by atoms with van der Waals surface area (Å²) in [6, 6.07) is -0.931. The number of rotatable bonds is 8. The highest BCUT2D eigenvalue weighted by atomic mass is 16.6.